The Morgan fingerprint density at radius 3 is 1.67 bits per heavy atom. The number of hydrazine groups is 1. The lowest BCUT2D eigenvalue weighted by Crippen LogP contribution is -2.43. The lowest BCUT2D eigenvalue weighted by Gasteiger charge is -2.16. The van der Waals surface area contributed by atoms with E-state index in [9.17, 15) is 10.1 Å². The van der Waals surface area contributed by atoms with E-state index in [0.717, 1.165) is 26.2 Å². The van der Waals surface area contributed by atoms with E-state index in [1.54, 1.807) is 0 Å². The van der Waals surface area contributed by atoms with E-state index in [0.29, 0.717) is 26.2 Å². The lowest BCUT2D eigenvalue weighted by atomic mass is 10.4. The van der Waals surface area contributed by atoms with Crippen LogP contribution in [0.15, 0.2) is 0 Å². The summed E-state index contributed by atoms with van der Waals surface area (Å²) < 4.78 is 0. The van der Waals surface area contributed by atoms with Crippen LogP contribution in [0.3, 0.4) is 0 Å². The quantitative estimate of drug-likeness (QED) is 0.357. The molecule has 3 N–H and O–H groups in total. The number of nitro groups is 1. The average Bonchev–Trinajstić information content (AvgIpc) is 2.18. The number of nitrogens with one attached hydrogen (secondary N) is 3. The summed E-state index contributed by atoms with van der Waals surface area (Å²) in [6, 6.07) is 0. The molecule has 1 aliphatic heterocycles. The third-order valence-corrected chi connectivity index (χ3v) is 2.28. The molecular formula is C8H19N5O2. The highest BCUT2D eigenvalue weighted by atomic mass is 16.7. The number of hydrogen-bond acceptors (Lipinski definition) is 5. The smallest absolute Gasteiger partial charge is 0.160 e. The fraction of sp³-hybridized carbons (Fsp3) is 1.00. The molecule has 1 fully saturated rings. The summed E-state index contributed by atoms with van der Waals surface area (Å²) in [5.74, 6) is 0. The van der Waals surface area contributed by atoms with Crippen LogP contribution in [0.25, 0.3) is 0 Å². The molecule has 0 aromatic carbocycles. The van der Waals surface area contributed by atoms with Gasteiger partial charge in [0.1, 0.15) is 0 Å². The topological polar surface area (TPSA) is 82.5 Å². The van der Waals surface area contributed by atoms with Crippen LogP contribution in [0, 0.1) is 10.1 Å². The summed E-state index contributed by atoms with van der Waals surface area (Å²) in [6.45, 7) is 5.73. The maximum atomic E-state index is 10.6. The Morgan fingerprint density at radius 1 is 0.867 bits per heavy atom. The summed E-state index contributed by atoms with van der Waals surface area (Å²) in [5, 5.41) is 21.1. The third-order valence-electron chi connectivity index (χ3n) is 2.28. The minimum atomic E-state index is -0.326. The van der Waals surface area contributed by atoms with Crippen molar-refractivity contribution in [3.8, 4) is 0 Å². The molecule has 0 aromatic heterocycles. The van der Waals surface area contributed by atoms with Gasteiger partial charge in [0.2, 0.25) is 0 Å². The van der Waals surface area contributed by atoms with Crippen LogP contribution in [-0.2, 0) is 0 Å². The predicted octanol–water partition coefficient (Wildman–Crippen LogP) is -1.74. The minimum absolute atomic E-state index is 0.326. The fourth-order valence-electron chi connectivity index (χ4n) is 1.42. The van der Waals surface area contributed by atoms with Crippen LogP contribution >= 0.6 is 0 Å². The second-order valence-corrected chi connectivity index (χ2v) is 3.44. The van der Waals surface area contributed by atoms with E-state index in [-0.39, 0.29) is 5.03 Å². The first-order valence-electron chi connectivity index (χ1n) is 5.32. The van der Waals surface area contributed by atoms with Gasteiger partial charge in [-0.05, 0) is 0 Å². The van der Waals surface area contributed by atoms with Crippen molar-refractivity contribution in [2.24, 2.45) is 0 Å². The van der Waals surface area contributed by atoms with Gasteiger partial charge in [-0.2, -0.15) is 0 Å². The maximum absolute atomic E-state index is 10.6. The molecule has 1 rings (SSSR count). The molecule has 0 atom stereocenters. The first-order chi connectivity index (χ1) is 7.30. The zero-order chi connectivity index (χ0) is 10.9. The first kappa shape index (κ1) is 12.2. The SMILES string of the molecule is O=[N+]([O-])N1CCNCCNCCNCC1. The Hall–Kier alpha value is -0.920. The maximum Gasteiger partial charge on any atom is 0.160 e. The van der Waals surface area contributed by atoms with Crippen LogP contribution in [0.4, 0.5) is 0 Å². The molecule has 0 spiro atoms. The first-order valence-corrected chi connectivity index (χ1v) is 5.32. The van der Waals surface area contributed by atoms with Crippen molar-refractivity contribution in [2.45, 2.75) is 0 Å². The van der Waals surface area contributed by atoms with Gasteiger partial charge in [-0.25, -0.2) is 10.1 Å². The zero-order valence-corrected chi connectivity index (χ0v) is 8.87. The Morgan fingerprint density at radius 2 is 1.27 bits per heavy atom. The number of hydrogen-bond donors (Lipinski definition) is 3. The van der Waals surface area contributed by atoms with Crippen molar-refractivity contribution in [1.82, 2.24) is 21.0 Å². The normalized spacial score (nSPS) is 21.5. The molecule has 15 heavy (non-hydrogen) atoms. The summed E-state index contributed by atoms with van der Waals surface area (Å²) >= 11 is 0. The molecule has 1 aliphatic rings. The van der Waals surface area contributed by atoms with Crippen molar-refractivity contribution >= 4 is 0 Å². The Labute approximate surface area is 89.3 Å². The minimum Gasteiger partial charge on any atom is -0.314 e. The standard InChI is InChI=1S/C8H19N5O2/c14-13(15)12-7-5-10-3-1-9-2-4-11-6-8-12/h9-11H,1-8H2. The number of rotatable bonds is 1. The molecule has 1 heterocycles. The van der Waals surface area contributed by atoms with Gasteiger partial charge in [0.25, 0.3) is 0 Å². The second kappa shape index (κ2) is 7.38. The van der Waals surface area contributed by atoms with Gasteiger partial charge < -0.3 is 16.0 Å². The van der Waals surface area contributed by atoms with Gasteiger partial charge in [-0.15, -0.1) is 5.01 Å². The van der Waals surface area contributed by atoms with Gasteiger partial charge >= 0.3 is 0 Å². The highest BCUT2D eigenvalue weighted by molar-refractivity contribution is 4.59. The molecule has 1 saturated heterocycles. The summed E-state index contributed by atoms with van der Waals surface area (Å²) in [6.07, 6.45) is 0. The van der Waals surface area contributed by atoms with Crippen molar-refractivity contribution in [2.75, 3.05) is 52.4 Å². The van der Waals surface area contributed by atoms with Crippen LogP contribution in [0.5, 0.6) is 0 Å². The lowest BCUT2D eigenvalue weighted by molar-refractivity contribution is -0.654. The van der Waals surface area contributed by atoms with E-state index < -0.39 is 0 Å². The number of nitrogens with zero attached hydrogens (tertiary/aromatic N) is 2. The summed E-state index contributed by atoms with van der Waals surface area (Å²) in [7, 11) is 0. The van der Waals surface area contributed by atoms with E-state index in [1.807, 2.05) is 0 Å². The van der Waals surface area contributed by atoms with E-state index in [4.69, 9.17) is 0 Å². The van der Waals surface area contributed by atoms with Gasteiger partial charge in [0.15, 0.2) is 5.03 Å². The van der Waals surface area contributed by atoms with Crippen molar-refractivity contribution in [3.05, 3.63) is 10.1 Å². The van der Waals surface area contributed by atoms with E-state index in [2.05, 4.69) is 16.0 Å². The predicted molar refractivity (Wildman–Crippen MR) is 57.2 cm³/mol. The van der Waals surface area contributed by atoms with Gasteiger partial charge in [0, 0.05) is 39.3 Å². The Kier molecular flexibility index (Phi) is 5.98. The largest absolute Gasteiger partial charge is 0.314 e. The molecule has 0 aromatic rings. The van der Waals surface area contributed by atoms with Crippen molar-refractivity contribution < 1.29 is 5.03 Å². The summed E-state index contributed by atoms with van der Waals surface area (Å²) in [5.41, 5.74) is 0. The highest BCUT2D eigenvalue weighted by Crippen LogP contribution is 1.86. The van der Waals surface area contributed by atoms with E-state index in [1.165, 1.54) is 5.01 Å². The van der Waals surface area contributed by atoms with Crippen LogP contribution in [-0.4, -0.2) is 62.4 Å². The monoisotopic (exact) mass is 217 g/mol. The molecule has 0 unspecified atom stereocenters. The molecule has 7 heteroatoms. The molecule has 7 nitrogen and oxygen atoms in total. The molecule has 0 bridgehead atoms. The van der Waals surface area contributed by atoms with Gasteiger partial charge in [-0.1, -0.05) is 0 Å². The molecule has 88 valence electrons. The Bertz CT molecular complexity index is 178. The fourth-order valence-corrected chi connectivity index (χ4v) is 1.42. The molecule has 0 aliphatic carbocycles. The van der Waals surface area contributed by atoms with Crippen LogP contribution in [0.1, 0.15) is 0 Å². The van der Waals surface area contributed by atoms with Crippen LogP contribution < -0.4 is 16.0 Å². The van der Waals surface area contributed by atoms with E-state index >= 15 is 0 Å². The van der Waals surface area contributed by atoms with Gasteiger partial charge in [-0.3, -0.25) is 0 Å². The Balaban J connectivity index is 2.28. The summed E-state index contributed by atoms with van der Waals surface area (Å²) in [4.78, 5) is 10.6. The van der Waals surface area contributed by atoms with Crippen LogP contribution in [0.2, 0.25) is 0 Å². The zero-order valence-electron chi connectivity index (χ0n) is 8.87. The van der Waals surface area contributed by atoms with Crippen molar-refractivity contribution in [3.63, 3.8) is 0 Å². The molecule has 0 amide bonds. The molecular weight excluding hydrogens is 198 g/mol. The van der Waals surface area contributed by atoms with Gasteiger partial charge in [0.05, 0.1) is 13.1 Å². The second-order valence-electron chi connectivity index (χ2n) is 3.44. The molecule has 0 saturated carbocycles. The average molecular weight is 217 g/mol. The third kappa shape index (κ3) is 5.50. The molecule has 0 radical (unpaired) electrons. The highest BCUT2D eigenvalue weighted by Gasteiger charge is 2.12. The van der Waals surface area contributed by atoms with Crippen molar-refractivity contribution in [1.29, 1.82) is 0 Å².